The number of hydrogen-bond acceptors (Lipinski definition) is 2. The normalized spacial score (nSPS) is 43.7. The van der Waals surface area contributed by atoms with Crippen molar-refractivity contribution in [2.75, 3.05) is 0 Å². The van der Waals surface area contributed by atoms with Crippen LogP contribution in [-0.2, 0) is 0 Å². The van der Waals surface area contributed by atoms with Crippen LogP contribution in [0.2, 0.25) is 0 Å². The van der Waals surface area contributed by atoms with Gasteiger partial charge in [0.15, 0.2) is 0 Å². The van der Waals surface area contributed by atoms with E-state index in [0.717, 1.165) is 12.8 Å². The molecule has 9 heavy (non-hydrogen) atoms. The van der Waals surface area contributed by atoms with Crippen molar-refractivity contribution in [2.24, 2.45) is 0 Å². The largest absolute Gasteiger partial charge is 0.391 e. The van der Waals surface area contributed by atoms with Gasteiger partial charge < -0.3 is 10.4 Å². The fraction of sp³-hybridized carbons (Fsp3) is 1.00. The van der Waals surface area contributed by atoms with Crippen molar-refractivity contribution in [1.82, 2.24) is 5.32 Å². The Kier molecular flexibility index (Phi) is 2.09. The maximum Gasteiger partial charge on any atom is 0.0705 e. The van der Waals surface area contributed by atoms with E-state index in [1.54, 1.807) is 0 Å². The molecule has 1 heterocycles. The lowest BCUT2D eigenvalue weighted by Gasteiger charge is -2.07. The van der Waals surface area contributed by atoms with Crippen LogP contribution >= 0.6 is 0 Å². The van der Waals surface area contributed by atoms with Crippen LogP contribution in [0, 0.1) is 0 Å². The van der Waals surface area contributed by atoms with E-state index < -0.39 is 0 Å². The topological polar surface area (TPSA) is 32.3 Å². The Morgan fingerprint density at radius 3 is 2.56 bits per heavy atom. The van der Waals surface area contributed by atoms with Gasteiger partial charge in [-0.25, -0.2) is 0 Å². The van der Waals surface area contributed by atoms with Gasteiger partial charge in [0, 0.05) is 12.1 Å². The van der Waals surface area contributed by atoms with Gasteiger partial charge >= 0.3 is 0 Å². The minimum Gasteiger partial charge on any atom is -0.391 e. The van der Waals surface area contributed by atoms with Crippen molar-refractivity contribution in [3.8, 4) is 0 Å². The first kappa shape index (κ1) is 7.03. The molecule has 1 fully saturated rings. The molecule has 0 spiro atoms. The lowest BCUT2D eigenvalue weighted by molar-refractivity contribution is 0.164. The van der Waals surface area contributed by atoms with E-state index in [4.69, 9.17) is 0 Å². The summed E-state index contributed by atoms with van der Waals surface area (Å²) in [6.45, 7) is 4.17. The summed E-state index contributed by atoms with van der Waals surface area (Å²) < 4.78 is 0. The van der Waals surface area contributed by atoms with E-state index in [1.807, 2.05) is 6.92 Å². The molecule has 3 unspecified atom stereocenters. The van der Waals surface area contributed by atoms with Gasteiger partial charge in [0.2, 0.25) is 0 Å². The molecule has 3 atom stereocenters. The van der Waals surface area contributed by atoms with E-state index in [-0.39, 0.29) is 6.10 Å². The van der Waals surface area contributed by atoms with Gasteiger partial charge in [-0.15, -0.1) is 0 Å². The number of hydrogen-bond donors (Lipinski definition) is 2. The summed E-state index contributed by atoms with van der Waals surface area (Å²) >= 11 is 0. The first-order valence-electron chi connectivity index (χ1n) is 3.68. The maximum atomic E-state index is 9.24. The Bertz CT molecular complexity index is 84.9. The van der Waals surface area contributed by atoms with Gasteiger partial charge in [0.05, 0.1) is 6.10 Å². The van der Waals surface area contributed by atoms with Crippen LogP contribution in [-0.4, -0.2) is 23.3 Å². The molecule has 0 radical (unpaired) electrons. The van der Waals surface area contributed by atoms with Crippen molar-refractivity contribution in [3.05, 3.63) is 0 Å². The van der Waals surface area contributed by atoms with Crippen LogP contribution in [0.3, 0.4) is 0 Å². The van der Waals surface area contributed by atoms with Crippen molar-refractivity contribution >= 4 is 0 Å². The molecule has 0 aromatic rings. The second-order valence-corrected chi connectivity index (χ2v) is 2.86. The molecule has 0 aromatic carbocycles. The zero-order chi connectivity index (χ0) is 6.85. The van der Waals surface area contributed by atoms with E-state index in [2.05, 4.69) is 12.2 Å². The fourth-order valence-electron chi connectivity index (χ4n) is 1.33. The lowest BCUT2D eigenvalue weighted by Crippen LogP contribution is -2.29. The van der Waals surface area contributed by atoms with E-state index in [1.165, 1.54) is 0 Å². The minimum atomic E-state index is -0.116. The number of rotatable bonds is 1. The van der Waals surface area contributed by atoms with Crippen molar-refractivity contribution in [3.63, 3.8) is 0 Å². The Morgan fingerprint density at radius 2 is 2.33 bits per heavy atom. The van der Waals surface area contributed by atoms with Gasteiger partial charge in [-0.05, 0) is 19.8 Å². The molecule has 1 rings (SSSR count). The summed E-state index contributed by atoms with van der Waals surface area (Å²) in [7, 11) is 0. The first-order chi connectivity index (χ1) is 4.24. The smallest absolute Gasteiger partial charge is 0.0705 e. The predicted octanol–water partition coefficient (Wildman–Crippen LogP) is 0.508. The van der Waals surface area contributed by atoms with Crippen LogP contribution in [0.25, 0.3) is 0 Å². The van der Waals surface area contributed by atoms with Gasteiger partial charge in [0.25, 0.3) is 0 Å². The average Bonchev–Trinajstić information content (AvgIpc) is 2.13. The standard InChI is InChI=1S/C7H15NO/c1-3-6-4-7(9)5(2)8-6/h5-9H,3-4H2,1-2H3. The highest BCUT2D eigenvalue weighted by molar-refractivity contribution is 4.86. The summed E-state index contributed by atoms with van der Waals surface area (Å²) in [6, 6.07) is 0.852. The second kappa shape index (κ2) is 2.67. The van der Waals surface area contributed by atoms with Gasteiger partial charge in [-0.2, -0.15) is 0 Å². The third-order valence-electron chi connectivity index (χ3n) is 2.09. The molecular formula is C7H15NO. The molecule has 0 amide bonds. The predicted molar refractivity (Wildman–Crippen MR) is 37.3 cm³/mol. The third kappa shape index (κ3) is 1.43. The Balaban J connectivity index is 2.35. The lowest BCUT2D eigenvalue weighted by atomic mass is 10.1. The van der Waals surface area contributed by atoms with Crippen LogP contribution in [0.5, 0.6) is 0 Å². The molecule has 2 heteroatoms. The molecule has 1 aliphatic heterocycles. The van der Waals surface area contributed by atoms with E-state index >= 15 is 0 Å². The zero-order valence-corrected chi connectivity index (χ0v) is 6.09. The van der Waals surface area contributed by atoms with Crippen LogP contribution in [0.15, 0.2) is 0 Å². The molecule has 0 bridgehead atoms. The Hall–Kier alpha value is -0.0800. The number of nitrogens with one attached hydrogen (secondary N) is 1. The summed E-state index contributed by atoms with van der Waals surface area (Å²) in [5.74, 6) is 0. The van der Waals surface area contributed by atoms with Gasteiger partial charge in [0.1, 0.15) is 0 Å². The van der Waals surface area contributed by atoms with Gasteiger partial charge in [-0.3, -0.25) is 0 Å². The highest BCUT2D eigenvalue weighted by atomic mass is 16.3. The third-order valence-corrected chi connectivity index (χ3v) is 2.09. The molecule has 1 saturated heterocycles. The Labute approximate surface area is 56.3 Å². The summed E-state index contributed by atoms with van der Waals surface area (Å²) in [6.07, 6.45) is 1.94. The quantitative estimate of drug-likeness (QED) is 0.540. The summed E-state index contributed by atoms with van der Waals surface area (Å²) in [5, 5.41) is 12.5. The molecule has 1 aliphatic rings. The minimum absolute atomic E-state index is 0.116. The molecule has 2 N–H and O–H groups in total. The molecule has 54 valence electrons. The molecule has 0 aliphatic carbocycles. The number of aliphatic hydroxyl groups is 1. The highest BCUT2D eigenvalue weighted by Crippen LogP contribution is 2.14. The molecule has 2 nitrogen and oxygen atoms in total. The van der Waals surface area contributed by atoms with Crippen LogP contribution in [0.1, 0.15) is 26.7 Å². The van der Waals surface area contributed by atoms with Crippen LogP contribution < -0.4 is 5.32 Å². The maximum absolute atomic E-state index is 9.24. The highest BCUT2D eigenvalue weighted by Gasteiger charge is 2.26. The average molecular weight is 129 g/mol. The fourth-order valence-corrected chi connectivity index (χ4v) is 1.33. The van der Waals surface area contributed by atoms with Crippen molar-refractivity contribution in [1.29, 1.82) is 0 Å². The number of aliphatic hydroxyl groups excluding tert-OH is 1. The molecular weight excluding hydrogens is 114 g/mol. The van der Waals surface area contributed by atoms with Crippen molar-refractivity contribution in [2.45, 2.75) is 44.9 Å². The SMILES string of the molecule is CCC1CC(O)C(C)N1. The van der Waals surface area contributed by atoms with Crippen LogP contribution in [0.4, 0.5) is 0 Å². The zero-order valence-electron chi connectivity index (χ0n) is 6.09. The van der Waals surface area contributed by atoms with Gasteiger partial charge in [-0.1, -0.05) is 6.92 Å². The van der Waals surface area contributed by atoms with Crippen molar-refractivity contribution < 1.29 is 5.11 Å². The monoisotopic (exact) mass is 129 g/mol. The second-order valence-electron chi connectivity index (χ2n) is 2.86. The first-order valence-corrected chi connectivity index (χ1v) is 3.68. The molecule has 0 saturated carbocycles. The van der Waals surface area contributed by atoms with E-state index in [0.29, 0.717) is 12.1 Å². The molecule has 0 aromatic heterocycles. The summed E-state index contributed by atoms with van der Waals surface area (Å²) in [5.41, 5.74) is 0. The Morgan fingerprint density at radius 1 is 1.67 bits per heavy atom. The van der Waals surface area contributed by atoms with E-state index in [9.17, 15) is 5.11 Å². The summed E-state index contributed by atoms with van der Waals surface area (Å²) in [4.78, 5) is 0.